The van der Waals surface area contributed by atoms with Gasteiger partial charge in [-0.25, -0.2) is 0 Å². The highest BCUT2D eigenvalue weighted by Gasteiger charge is 2.15. The molecule has 0 atom stereocenters. The zero-order valence-corrected chi connectivity index (χ0v) is 11.2. The average molecular weight is 272 g/mol. The van der Waals surface area contributed by atoms with E-state index in [1.807, 2.05) is 24.3 Å². The van der Waals surface area contributed by atoms with Gasteiger partial charge in [-0.1, -0.05) is 18.2 Å². The molecule has 5 heteroatoms. The van der Waals surface area contributed by atoms with Crippen molar-refractivity contribution in [2.24, 2.45) is 5.73 Å². The Hall–Kier alpha value is -2.40. The highest BCUT2D eigenvalue weighted by Crippen LogP contribution is 2.32. The van der Waals surface area contributed by atoms with Gasteiger partial charge in [0.25, 0.3) is 5.91 Å². The van der Waals surface area contributed by atoms with Crippen molar-refractivity contribution in [2.45, 2.75) is 6.42 Å². The molecule has 104 valence electrons. The molecule has 0 spiro atoms. The molecule has 0 fully saturated rings. The highest BCUT2D eigenvalue weighted by molar-refractivity contribution is 6.00. The summed E-state index contributed by atoms with van der Waals surface area (Å²) in [5.74, 6) is 0.102. The minimum absolute atomic E-state index is 0.00567. The molecular weight excluding hydrogens is 256 g/mol. The van der Waals surface area contributed by atoms with Gasteiger partial charge in [0.05, 0.1) is 12.7 Å². The number of nitrogens with zero attached hydrogens (tertiary/aromatic N) is 1. The number of primary amides is 1. The van der Waals surface area contributed by atoms with Gasteiger partial charge in [-0.15, -0.1) is 0 Å². The summed E-state index contributed by atoms with van der Waals surface area (Å²) in [5, 5.41) is 9.00. The first-order chi connectivity index (χ1) is 9.67. The zero-order chi connectivity index (χ0) is 14.5. The number of hydrogen-bond acceptors (Lipinski definition) is 4. The molecule has 0 aliphatic rings. The largest absolute Gasteiger partial charge is 0.496 e. The van der Waals surface area contributed by atoms with E-state index in [1.54, 1.807) is 13.2 Å². The standard InChI is InChI=1S/C15H16N2O3/c1-20-14-5-3-2-4-11(14)12-8-10(6-7-18)17-9-13(12)15(16)19/h2-5,8-9,18H,6-7H2,1H3,(H2,16,19). The number of ether oxygens (including phenoxy) is 1. The number of aliphatic hydroxyl groups is 1. The monoisotopic (exact) mass is 272 g/mol. The van der Waals surface area contributed by atoms with Gasteiger partial charge < -0.3 is 15.6 Å². The second-order valence-electron chi connectivity index (χ2n) is 4.26. The Morgan fingerprint density at radius 3 is 2.75 bits per heavy atom. The molecule has 1 aromatic carbocycles. The lowest BCUT2D eigenvalue weighted by Gasteiger charge is -2.12. The van der Waals surface area contributed by atoms with Crippen LogP contribution in [0.5, 0.6) is 5.75 Å². The van der Waals surface area contributed by atoms with E-state index in [2.05, 4.69) is 4.98 Å². The summed E-state index contributed by atoms with van der Waals surface area (Å²) in [7, 11) is 1.57. The molecule has 0 radical (unpaired) electrons. The van der Waals surface area contributed by atoms with Gasteiger partial charge in [-0.05, 0) is 12.1 Å². The molecule has 0 bridgehead atoms. The SMILES string of the molecule is COc1ccccc1-c1cc(CCO)ncc1C(N)=O. The third-order valence-corrected chi connectivity index (χ3v) is 2.99. The third-order valence-electron chi connectivity index (χ3n) is 2.99. The average Bonchev–Trinajstić information content (AvgIpc) is 2.47. The first-order valence-corrected chi connectivity index (χ1v) is 6.20. The molecule has 1 heterocycles. The maximum Gasteiger partial charge on any atom is 0.250 e. The van der Waals surface area contributed by atoms with Crippen LogP contribution in [0.15, 0.2) is 36.5 Å². The smallest absolute Gasteiger partial charge is 0.250 e. The maximum absolute atomic E-state index is 11.6. The molecule has 0 saturated heterocycles. The van der Waals surface area contributed by atoms with Gasteiger partial charge in [0.1, 0.15) is 5.75 Å². The molecule has 0 saturated carbocycles. The number of hydrogen-bond donors (Lipinski definition) is 2. The van der Waals surface area contributed by atoms with Gasteiger partial charge in [-0.3, -0.25) is 9.78 Å². The summed E-state index contributed by atoms with van der Waals surface area (Å²) >= 11 is 0. The second-order valence-corrected chi connectivity index (χ2v) is 4.26. The minimum Gasteiger partial charge on any atom is -0.496 e. The van der Waals surface area contributed by atoms with Crippen molar-refractivity contribution in [1.82, 2.24) is 4.98 Å². The van der Waals surface area contributed by atoms with Gasteiger partial charge in [0.2, 0.25) is 0 Å². The number of pyridine rings is 1. The van der Waals surface area contributed by atoms with Gasteiger partial charge in [-0.2, -0.15) is 0 Å². The quantitative estimate of drug-likeness (QED) is 0.861. The molecule has 0 aliphatic carbocycles. The van der Waals surface area contributed by atoms with Crippen molar-refractivity contribution in [3.05, 3.63) is 47.8 Å². The van der Waals surface area contributed by atoms with E-state index < -0.39 is 5.91 Å². The molecule has 5 nitrogen and oxygen atoms in total. The van der Waals surface area contributed by atoms with E-state index in [9.17, 15) is 4.79 Å². The molecule has 2 aromatic rings. The number of rotatable bonds is 5. The first-order valence-electron chi connectivity index (χ1n) is 6.20. The first kappa shape index (κ1) is 14.0. The topological polar surface area (TPSA) is 85.4 Å². The zero-order valence-electron chi connectivity index (χ0n) is 11.2. The summed E-state index contributed by atoms with van der Waals surface area (Å²) in [6.07, 6.45) is 1.86. The predicted octanol–water partition coefficient (Wildman–Crippen LogP) is 1.39. The fraction of sp³-hybridized carbons (Fsp3) is 0.200. The molecule has 20 heavy (non-hydrogen) atoms. The molecule has 1 aromatic heterocycles. The molecule has 0 aliphatic heterocycles. The number of aliphatic hydroxyl groups excluding tert-OH is 1. The highest BCUT2D eigenvalue weighted by atomic mass is 16.5. The van der Waals surface area contributed by atoms with Crippen molar-refractivity contribution in [2.75, 3.05) is 13.7 Å². The molecule has 3 N–H and O–H groups in total. The normalized spacial score (nSPS) is 10.3. The number of methoxy groups -OCH3 is 1. The van der Waals surface area contributed by atoms with E-state index in [0.29, 0.717) is 29.0 Å². The second kappa shape index (κ2) is 6.16. The van der Waals surface area contributed by atoms with Crippen molar-refractivity contribution >= 4 is 5.91 Å². The van der Waals surface area contributed by atoms with Crippen LogP contribution in [0.4, 0.5) is 0 Å². The van der Waals surface area contributed by atoms with Gasteiger partial charge >= 0.3 is 0 Å². The Labute approximate surface area is 117 Å². The van der Waals surface area contributed by atoms with Crippen LogP contribution in [-0.2, 0) is 6.42 Å². The summed E-state index contributed by atoms with van der Waals surface area (Å²) < 4.78 is 5.31. The number of para-hydroxylation sites is 1. The molecule has 1 amide bonds. The lowest BCUT2D eigenvalue weighted by atomic mass is 9.99. The number of aromatic nitrogens is 1. The van der Waals surface area contributed by atoms with Crippen LogP contribution in [0.25, 0.3) is 11.1 Å². The van der Waals surface area contributed by atoms with Crippen LogP contribution in [0.2, 0.25) is 0 Å². The third kappa shape index (κ3) is 2.78. The Morgan fingerprint density at radius 2 is 2.10 bits per heavy atom. The van der Waals surface area contributed by atoms with E-state index in [0.717, 1.165) is 5.56 Å². The van der Waals surface area contributed by atoms with E-state index in [-0.39, 0.29) is 6.61 Å². The molecule has 0 unspecified atom stereocenters. The number of carbonyl (C=O) groups excluding carboxylic acids is 1. The van der Waals surface area contributed by atoms with E-state index in [4.69, 9.17) is 15.6 Å². The van der Waals surface area contributed by atoms with Crippen LogP contribution in [0, 0.1) is 0 Å². The van der Waals surface area contributed by atoms with E-state index >= 15 is 0 Å². The molecule has 2 rings (SSSR count). The van der Waals surface area contributed by atoms with Crippen LogP contribution < -0.4 is 10.5 Å². The summed E-state index contributed by atoms with van der Waals surface area (Å²) in [4.78, 5) is 15.7. The molecular formula is C15H16N2O3. The van der Waals surface area contributed by atoms with Crippen molar-refractivity contribution in [1.29, 1.82) is 0 Å². The predicted molar refractivity (Wildman–Crippen MR) is 75.5 cm³/mol. The Morgan fingerprint density at radius 1 is 1.35 bits per heavy atom. The summed E-state index contributed by atoms with van der Waals surface area (Å²) in [6.45, 7) is -0.00567. The maximum atomic E-state index is 11.6. The minimum atomic E-state index is -0.547. The number of amides is 1. The fourth-order valence-electron chi connectivity index (χ4n) is 2.04. The number of benzene rings is 1. The summed E-state index contributed by atoms with van der Waals surface area (Å²) in [5.41, 5.74) is 7.85. The van der Waals surface area contributed by atoms with Crippen LogP contribution in [-0.4, -0.2) is 29.7 Å². The Balaban J connectivity index is 2.62. The van der Waals surface area contributed by atoms with Crippen LogP contribution in [0.3, 0.4) is 0 Å². The lowest BCUT2D eigenvalue weighted by Crippen LogP contribution is -2.14. The van der Waals surface area contributed by atoms with Crippen LogP contribution >= 0.6 is 0 Å². The van der Waals surface area contributed by atoms with Crippen LogP contribution in [0.1, 0.15) is 16.1 Å². The van der Waals surface area contributed by atoms with Crippen molar-refractivity contribution in [3.8, 4) is 16.9 Å². The number of carbonyl (C=O) groups is 1. The lowest BCUT2D eigenvalue weighted by molar-refractivity contribution is 0.100. The number of nitrogens with two attached hydrogens (primary N) is 1. The summed E-state index contributed by atoms with van der Waals surface area (Å²) in [6, 6.07) is 9.13. The van der Waals surface area contributed by atoms with Gasteiger partial charge in [0.15, 0.2) is 0 Å². The van der Waals surface area contributed by atoms with E-state index in [1.165, 1.54) is 6.20 Å². The van der Waals surface area contributed by atoms with Crippen molar-refractivity contribution < 1.29 is 14.6 Å². The Kier molecular flexibility index (Phi) is 4.32. The fourth-order valence-corrected chi connectivity index (χ4v) is 2.04. The van der Waals surface area contributed by atoms with Crippen molar-refractivity contribution in [3.63, 3.8) is 0 Å². The van der Waals surface area contributed by atoms with Gasteiger partial charge in [0, 0.05) is 36.0 Å². The Bertz CT molecular complexity index is 626.